The van der Waals surface area contributed by atoms with Gasteiger partial charge in [0.25, 0.3) is 0 Å². The second-order valence-corrected chi connectivity index (χ2v) is 4.58. The van der Waals surface area contributed by atoms with Gasteiger partial charge in [-0.3, -0.25) is 0 Å². The molecule has 0 aromatic heterocycles. The molecule has 0 fully saturated rings. The SMILES string of the molecule is NC(CCCc1ccccc1)C1=CCCCO1. The van der Waals surface area contributed by atoms with Gasteiger partial charge in [0.15, 0.2) is 0 Å². The molecule has 1 atom stereocenters. The largest absolute Gasteiger partial charge is 0.497 e. The molecule has 2 nitrogen and oxygen atoms in total. The number of ether oxygens (including phenoxy) is 1. The van der Waals surface area contributed by atoms with Crippen LogP contribution in [0.1, 0.15) is 31.2 Å². The highest BCUT2D eigenvalue weighted by molar-refractivity contribution is 5.14. The topological polar surface area (TPSA) is 35.2 Å². The van der Waals surface area contributed by atoms with E-state index in [1.807, 2.05) is 0 Å². The van der Waals surface area contributed by atoms with Crippen molar-refractivity contribution >= 4 is 0 Å². The van der Waals surface area contributed by atoms with E-state index in [9.17, 15) is 0 Å². The lowest BCUT2D eigenvalue weighted by atomic mass is 10.0. The van der Waals surface area contributed by atoms with Crippen LogP contribution in [0.25, 0.3) is 0 Å². The molecule has 0 spiro atoms. The lowest BCUT2D eigenvalue weighted by molar-refractivity contribution is 0.173. The van der Waals surface area contributed by atoms with Crippen LogP contribution < -0.4 is 5.73 Å². The Morgan fingerprint density at radius 2 is 2.06 bits per heavy atom. The fourth-order valence-electron chi connectivity index (χ4n) is 2.15. The molecule has 0 saturated carbocycles. The lowest BCUT2D eigenvalue weighted by Crippen LogP contribution is -2.26. The van der Waals surface area contributed by atoms with Crippen molar-refractivity contribution in [2.75, 3.05) is 6.61 Å². The molecule has 1 aliphatic heterocycles. The first-order chi connectivity index (χ1) is 8.36. The quantitative estimate of drug-likeness (QED) is 0.845. The summed E-state index contributed by atoms with van der Waals surface area (Å²) in [6.45, 7) is 0.832. The molecule has 0 amide bonds. The number of hydrogen-bond donors (Lipinski definition) is 1. The summed E-state index contributed by atoms with van der Waals surface area (Å²) in [5.74, 6) is 1.00. The minimum atomic E-state index is 0.0824. The average molecular weight is 231 g/mol. The van der Waals surface area contributed by atoms with Crippen molar-refractivity contribution in [2.24, 2.45) is 5.73 Å². The molecule has 1 aromatic rings. The van der Waals surface area contributed by atoms with Crippen LogP contribution in [0.5, 0.6) is 0 Å². The second-order valence-electron chi connectivity index (χ2n) is 4.58. The van der Waals surface area contributed by atoms with E-state index in [1.54, 1.807) is 0 Å². The molecule has 2 heteroatoms. The van der Waals surface area contributed by atoms with Crippen LogP contribution in [0.2, 0.25) is 0 Å². The molecule has 1 aromatic carbocycles. The summed E-state index contributed by atoms with van der Waals surface area (Å²) in [5, 5.41) is 0. The fraction of sp³-hybridized carbons (Fsp3) is 0.467. The first kappa shape index (κ1) is 12.2. The van der Waals surface area contributed by atoms with E-state index in [0.29, 0.717) is 0 Å². The molecule has 0 bridgehead atoms. The Kier molecular flexibility index (Phi) is 4.63. The van der Waals surface area contributed by atoms with Gasteiger partial charge in [-0.15, -0.1) is 0 Å². The summed E-state index contributed by atoms with van der Waals surface area (Å²) >= 11 is 0. The van der Waals surface area contributed by atoms with E-state index in [2.05, 4.69) is 36.4 Å². The van der Waals surface area contributed by atoms with Crippen LogP contribution in [0.15, 0.2) is 42.2 Å². The highest BCUT2D eigenvalue weighted by Crippen LogP contribution is 2.16. The van der Waals surface area contributed by atoms with E-state index in [0.717, 1.165) is 44.5 Å². The molecule has 92 valence electrons. The smallest absolute Gasteiger partial charge is 0.109 e. The number of nitrogens with two attached hydrogens (primary N) is 1. The molecule has 2 N–H and O–H groups in total. The monoisotopic (exact) mass is 231 g/mol. The van der Waals surface area contributed by atoms with Gasteiger partial charge in [0, 0.05) is 0 Å². The van der Waals surface area contributed by atoms with E-state index in [4.69, 9.17) is 10.5 Å². The summed E-state index contributed by atoms with van der Waals surface area (Å²) in [6.07, 6.45) is 7.60. The maximum Gasteiger partial charge on any atom is 0.109 e. The van der Waals surface area contributed by atoms with Gasteiger partial charge in [-0.1, -0.05) is 30.3 Å². The summed E-state index contributed by atoms with van der Waals surface area (Å²) in [6, 6.07) is 10.6. The number of allylic oxidation sites excluding steroid dienone is 1. The number of aryl methyl sites for hydroxylation is 1. The van der Waals surface area contributed by atoms with Crippen molar-refractivity contribution in [1.82, 2.24) is 0 Å². The summed E-state index contributed by atoms with van der Waals surface area (Å²) in [5.41, 5.74) is 7.51. The highest BCUT2D eigenvalue weighted by Gasteiger charge is 2.12. The van der Waals surface area contributed by atoms with Crippen LogP contribution in [0.3, 0.4) is 0 Å². The maximum atomic E-state index is 6.12. The zero-order valence-corrected chi connectivity index (χ0v) is 10.3. The molecule has 2 rings (SSSR count). The zero-order chi connectivity index (χ0) is 11.9. The Morgan fingerprint density at radius 3 is 2.76 bits per heavy atom. The van der Waals surface area contributed by atoms with E-state index < -0.39 is 0 Å². The van der Waals surface area contributed by atoms with Crippen LogP contribution in [0.4, 0.5) is 0 Å². The number of hydrogen-bond acceptors (Lipinski definition) is 2. The van der Waals surface area contributed by atoms with Crippen molar-refractivity contribution in [3.05, 3.63) is 47.7 Å². The zero-order valence-electron chi connectivity index (χ0n) is 10.3. The van der Waals surface area contributed by atoms with Gasteiger partial charge >= 0.3 is 0 Å². The number of rotatable bonds is 5. The molecule has 0 aliphatic carbocycles. The molecule has 1 unspecified atom stereocenters. The summed E-state index contributed by atoms with van der Waals surface area (Å²) in [7, 11) is 0. The normalized spacial score (nSPS) is 17.1. The molecule has 0 radical (unpaired) electrons. The number of benzene rings is 1. The van der Waals surface area contributed by atoms with Gasteiger partial charge in [-0.2, -0.15) is 0 Å². The molecule has 0 saturated heterocycles. The van der Waals surface area contributed by atoms with Crippen molar-refractivity contribution in [3.63, 3.8) is 0 Å². The third kappa shape index (κ3) is 3.90. The summed E-state index contributed by atoms with van der Waals surface area (Å²) < 4.78 is 5.58. The second kappa shape index (κ2) is 6.45. The molecule has 1 heterocycles. The first-order valence-corrected chi connectivity index (χ1v) is 6.48. The fourth-order valence-corrected chi connectivity index (χ4v) is 2.15. The van der Waals surface area contributed by atoms with Gasteiger partial charge in [-0.25, -0.2) is 0 Å². The minimum absolute atomic E-state index is 0.0824. The third-order valence-electron chi connectivity index (χ3n) is 3.15. The van der Waals surface area contributed by atoms with Crippen molar-refractivity contribution in [1.29, 1.82) is 0 Å². The minimum Gasteiger partial charge on any atom is -0.497 e. The van der Waals surface area contributed by atoms with E-state index in [1.165, 1.54) is 5.56 Å². The highest BCUT2D eigenvalue weighted by atomic mass is 16.5. The molecular weight excluding hydrogens is 210 g/mol. The van der Waals surface area contributed by atoms with Crippen molar-refractivity contribution in [3.8, 4) is 0 Å². The van der Waals surface area contributed by atoms with Crippen LogP contribution >= 0.6 is 0 Å². The third-order valence-corrected chi connectivity index (χ3v) is 3.15. The Morgan fingerprint density at radius 1 is 1.24 bits per heavy atom. The van der Waals surface area contributed by atoms with E-state index >= 15 is 0 Å². The van der Waals surface area contributed by atoms with Gasteiger partial charge in [-0.05, 0) is 43.7 Å². The Bertz CT molecular complexity index is 358. The predicted molar refractivity (Wildman–Crippen MR) is 70.6 cm³/mol. The van der Waals surface area contributed by atoms with Crippen LogP contribution in [-0.4, -0.2) is 12.6 Å². The lowest BCUT2D eigenvalue weighted by Gasteiger charge is -2.20. The Balaban J connectivity index is 1.73. The van der Waals surface area contributed by atoms with Crippen molar-refractivity contribution < 1.29 is 4.74 Å². The average Bonchev–Trinajstić information content (AvgIpc) is 2.41. The van der Waals surface area contributed by atoms with Crippen molar-refractivity contribution in [2.45, 2.75) is 38.1 Å². The van der Waals surface area contributed by atoms with Gasteiger partial charge in [0.1, 0.15) is 5.76 Å². The van der Waals surface area contributed by atoms with Gasteiger partial charge in [0.05, 0.1) is 12.6 Å². The summed E-state index contributed by atoms with van der Waals surface area (Å²) in [4.78, 5) is 0. The van der Waals surface area contributed by atoms with Crippen LogP contribution in [0, 0.1) is 0 Å². The molecule has 1 aliphatic rings. The standard InChI is InChI=1S/C15H21NO/c16-14(15-11-4-5-12-17-15)10-6-9-13-7-2-1-3-8-13/h1-3,7-8,11,14H,4-6,9-10,12,16H2. The predicted octanol–water partition coefficient (Wildman–Crippen LogP) is 3.03. The molecule has 17 heavy (non-hydrogen) atoms. The Labute approximate surface area is 103 Å². The molecular formula is C15H21NO. The van der Waals surface area contributed by atoms with E-state index in [-0.39, 0.29) is 6.04 Å². The first-order valence-electron chi connectivity index (χ1n) is 6.48. The van der Waals surface area contributed by atoms with Gasteiger partial charge < -0.3 is 10.5 Å². The van der Waals surface area contributed by atoms with Gasteiger partial charge in [0.2, 0.25) is 0 Å². The Hall–Kier alpha value is -1.28. The maximum absolute atomic E-state index is 6.12. The van der Waals surface area contributed by atoms with Crippen LogP contribution in [-0.2, 0) is 11.2 Å².